The first kappa shape index (κ1) is 14.8. The maximum Gasteiger partial charge on any atom is 0.146 e. The molecule has 0 aliphatic heterocycles. The molecular formula is C15H25N5. The van der Waals surface area contributed by atoms with Gasteiger partial charge in [-0.2, -0.15) is 5.10 Å². The Bertz CT molecular complexity index is 508. The van der Waals surface area contributed by atoms with Gasteiger partial charge in [-0.3, -0.25) is 0 Å². The fourth-order valence-corrected chi connectivity index (χ4v) is 2.52. The van der Waals surface area contributed by atoms with E-state index in [2.05, 4.69) is 59.2 Å². The maximum absolute atomic E-state index is 4.32. The van der Waals surface area contributed by atoms with Crippen molar-refractivity contribution in [3.8, 4) is 0 Å². The third-order valence-corrected chi connectivity index (χ3v) is 3.52. The second-order valence-electron chi connectivity index (χ2n) is 5.01. The molecule has 2 rings (SSSR count). The van der Waals surface area contributed by atoms with Gasteiger partial charge in [-0.25, -0.2) is 9.67 Å². The Kier molecular flexibility index (Phi) is 5.35. The molecule has 2 aromatic rings. The average molecular weight is 275 g/mol. The van der Waals surface area contributed by atoms with E-state index in [-0.39, 0.29) is 0 Å². The monoisotopic (exact) mass is 275 g/mol. The molecule has 0 spiro atoms. The van der Waals surface area contributed by atoms with Gasteiger partial charge in [0.15, 0.2) is 0 Å². The molecule has 0 radical (unpaired) electrons. The fourth-order valence-electron chi connectivity index (χ4n) is 2.52. The van der Waals surface area contributed by atoms with E-state index in [1.165, 1.54) is 18.4 Å². The summed E-state index contributed by atoms with van der Waals surface area (Å²) in [4.78, 5) is 4.32. The van der Waals surface area contributed by atoms with Crippen molar-refractivity contribution < 1.29 is 0 Å². The number of hydrogen-bond acceptors (Lipinski definition) is 3. The highest BCUT2D eigenvalue weighted by atomic mass is 15.3. The van der Waals surface area contributed by atoms with Crippen LogP contribution in [0, 0.1) is 0 Å². The Labute approximate surface area is 121 Å². The zero-order valence-corrected chi connectivity index (χ0v) is 12.7. The number of nitrogens with one attached hydrogen (secondary N) is 1. The lowest BCUT2D eigenvalue weighted by Crippen LogP contribution is -2.20. The molecule has 1 unspecified atom stereocenters. The van der Waals surface area contributed by atoms with E-state index in [1.54, 1.807) is 6.33 Å². The molecule has 2 aromatic heterocycles. The Morgan fingerprint density at radius 1 is 1.30 bits per heavy atom. The van der Waals surface area contributed by atoms with E-state index in [0.29, 0.717) is 6.04 Å². The number of hydrogen-bond donors (Lipinski definition) is 1. The molecule has 0 saturated carbocycles. The summed E-state index contributed by atoms with van der Waals surface area (Å²) in [6, 6.07) is 2.66. The number of aromatic nitrogens is 4. The van der Waals surface area contributed by atoms with Crippen LogP contribution in [0.1, 0.15) is 51.0 Å². The molecule has 0 amide bonds. The van der Waals surface area contributed by atoms with E-state index in [9.17, 15) is 0 Å². The lowest BCUT2D eigenvalue weighted by Gasteiger charge is -2.15. The third-order valence-electron chi connectivity index (χ3n) is 3.52. The molecule has 0 saturated heterocycles. The molecular weight excluding hydrogens is 250 g/mol. The van der Waals surface area contributed by atoms with Crippen LogP contribution in [-0.2, 0) is 13.1 Å². The molecule has 0 aliphatic rings. The molecule has 5 heteroatoms. The second kappa shape index (κ2) is 7.24. The van der Waals surface area contributed by atoms with Gasteiger partial charge in [-0.15, -0.1) is 0 Å². The highest BCUT2D eigenvalue weighted by Crippen LogP contribution is 2.19. The van der Waals surface area contributed by atoms with Crippen molar-refractivity contribution in [3.63, 3.8) is 0 Å². The highest BCUT2D eigenvalue weighted by molar-refractivity contribution is 5.16. The summed E-state index contributed by atoms with van der Waals surface area (Å²) < 4.78 is 4.12. The second-order valence-corrected chi connectivity index (χ2v) is 5.01. The third kappa shape index (κ3) is 3.48. The molecule has 110 valence electrons. The minimum absolute atomic E-state index is 0.454. The van der Waals surface area contributed by atoms with Crippen LogP contribution in [0.2, 0.25) is 0 Å². The predicted octanol–water partition coefficient (Wildman–Crippen LogP) is 2.60. The van der Waals surface area contributed by atoms with Crippen LogP contribution in [0.5, 0.6) is 0 Å². The van der Waals surface area contributed by atoms with E-state index < -0.39 is 0 Å². The Morgan fingerprint density at radius 3 is 2.85 bits per heavy atom. The van der Waals surface area contributed by atoms with Crippen molar-refractivity contribution >= 4 is 0 Å². The zero-order chi connectivity index (χ0) is 14.4. The van der Waals surface area contributed by atoms with Crippen LogP contribution in [0.4, 0.5) is 0 Å². The SMILES string of the molecule is CCCC(NCC)c1ccn(Cc2ncnn2CC)c1. The fraction of sp³-hybridized carbons (Fsp3) is 0.600. The summed E-state index contributed by atoms with van der Waals surface area (Å²) in [6.45, 7) is 9.11. The maximum atomic E-state index is 4.32. The first-order chi connectivity index (χ1) is 9.78. The summed E-state index contributed by atoms with van der Waals surface area (Å²) >= 11 is 0. The van der Waals surface area contributed by atoms with Gasteiger partial charge in [-0.05, 0) is 31.5 Å². The van der Waals surface area contributed by atoms with Crippen molar-refractivity contribution in [2.24, 2.45) is 0 Å². The highest BCUT2D eigenvalue weighted by Gasteiger charge is 2.11. The van der Waals surface area contributed by atoms with E-state index >= 15 is 0 Å². The summed E-state index contributed by atoms with van der Waals surface area (Å²) in [5.74, 6) is 1.00. The van der Waals surface area contributed by atoms with Gasteiger partial charge in [0.05, 0.1) is 6.54 Å². The predicted molar refractivity (Wildman–Crippen MR) is 80.6 cm³/mol. The average Bonchev–Trinajstić information content (AvgIpc) is 3.08. The molecule has 0 fully saturated rings. The van der Waals surface area contributed by atoms with Gasteiger partial charge in [0, 0.05) is 25.0 Å². The summed E-state index contributed by atoms with van der Waals surface area (Å²) in [6.07, 6.45) is 8.33. The van der Waals surface area contributed by atoms with E-state index in [0.717, 1.165) is 25.5 Å². The van der Waals surface area contributed by atoms with Crippen molar-refractivity contribution in [2.75, 3.05) is 6.54 Å². The van der Waals surface area contributed by atoms with Gasteiger partial charge in [0.1, 0.15) is 12.2 Å². The smallest absolute Gasteiger partial charge is 0.146 e. The van der Waals surface area contributed by atoms with E-state index in [1.807, 2.05) is 4.68 Å². The minimum atomic E-state index is 0.454. The van der Waals surface area contributed by atoms with Crippen LogP contribution in [-0.4, -0.2) is 25.9 Å². The zero-order valence-electron chi connectivity index (χ0n) is 12.7. The summed E-state index contributed by atoms with van der Waals surface area (Å²) in [7, 11) is 0. The Balaban J connectivity index is 2.08. The number of rotatable bonds is 8. The molecule has 2 heterocycles. The normalized spacial score (nSPS) is 12.8. The summed E-state index contributed by atoms with van der Waals surface area (Å²) in [5, 5.41) is 7.76. The minimum Gasteiger partial charge on any atom is -0.346 e. The van der Waals surface area contributed by atoms with Crippen molar-refractivity contribution in [1.82, 2.24) is 24.6 Å². The first-order valence-corrected chi connectivity index (χ1v) is 7.54. The van der Waals surface area contributed by atoms with Crippen molar-refractivity contribution in [3.05, 3.63) is 36.2 Å². The van der Waals surface area contributed by atoms with Crippen molar-refractivity contribution in [2.45, 2.75) is 52.7 Å². The van der Waals surface area contributed by atoms with Crippen LogP contribution in [0.25, 0.3) is 0 Å². The summed E-state index contributed by atoms with van der Waals surface area (Å²) in [5.41, 5.74) is 1.36. The molecule has 1 atom stereocenters. The van der Waals surface area contributed by atoms with Gasteiger partial charge in [0.2, 0.25) is 0 Å². The lowest BCUT2D eigenvalue weighted by atomic mass is 10.1. The van der Waals surface area contributed by atoms with Crippen LogP contribution in [0.3, 0.4) is 0 Å². The van der Waals surface area contributed by atoms with Crippen molar-refractivity contribution in [1.29, 1.82) is 0 Å². The standard InChI is InChI=1S/C15H25N5/c1-4-7-14(16-5-2)13-8-9-19(10-13)11-15-17-12-18-20(15)6-3/h8-10,12,14,16H,4-7,11H2,1-3H3. The molecule has 20 heavy (non-hydrogen) atoms. The molecule has 0 aromatic carbocycles. The van der Waals surface area contributed by atoms with Gasteiger partial charge < -0.3 is 9.88 Å². The molecule has 0 aliphatic carbocycles. The largest absolute Gasteiger partial charge is 0.346 e. The Morgan fingerprint density at radius 2 is 2.15 bits per heavy atom. The topological polar surface area (TPSA) is 47.7 Å². The van der Waals surface area contributed by atoms with E-state index in [4.69, 9.17) is 0 Å². The van der Waals surface area contributed by atoms with Crippen LogP contribution < -0.4 is 5.32 Å². The molecule has 1 N–H and O–H groups in total. The first-order valence-electron chi connectivity index (χ1n) is 7.54. The quantitative estimate of drug-likeness (QED) is 0.805. The van der Waals surface area contributed by atoms with Crippen LogP contribution in [0.15, 0.2) is 24.8 Å². The molecule has 0 bridgehead atoms. The number of aryl methyl sites for hydroxylation is 1. The lowest BCUT2D eigenvalue weighted by molar-refractivity contribution is 0.508. The number of nitrogens with zero attached hydrogens (tertiary/aromatic N) is 4. The van der Waals surface area contributed by atoms with Gasteiger partial charge in [-0.1, -0.05) is 20.3 Å². The van der Waals surface area contributed by atoms with Gasteiger partial charge >= 0.3 is 0 Å². The van der Waals surface area contributed by atoms with Crippen LogP contribution >= 0.6 is 0 Å². The van der Waals surface area contributed by atoms with Gasteiger partial charge in [0.25, 0.3) is 0 Å². The molecule has 5 nitrogen and oxygen atoms in total. The Hall–Kier alpha value is -1.62.